The van der Waals surface area contributed by atoms with E-state index in [0.717, 1.165) is 22.1 Å². The van der Waals surface area contributed by atoms with Crippen molar-refractivity contribution < 1.29 is 9.59 Å². The van der Waals surface area contributed by atoms with Gasteiger partial charge in [-0.2, -0.15) is 0 Å². The number of nitrogens with one attached hydrogen (secondary N) is 2. The molecular weight excluding hydrogens is 308 g/mol. The fraction of sp³-hybridized carbons (Fsp3) is 0.467. The van der Waals surface area contributed by atoms with E-state index in [-0.39, 0.29) is 24.4 Å². The van der Waals surface area contributed by atoms with Gasteiger partial charge in [-0.1, -0.05) is 11.6 Å². The van der Waals surface area contributed by atoms with Gasteiger partial charge in [0.2, 0.25) is 11.8 Å². The standard InChI is InChI=1S/C15H21ClN2O2S/c1-11(2)18-15(20)10-17-14(19)4-3-9-21-13-7-5-12(16)6-8-13/h5-8,11H,3-4,9-10H2,1-2H3,(H,17,19)(H,18,20). The lowest BCUT2D eigenvalue weighted by atomic mass is 10.3. The van der Waals surface area contributed by atoms with Crippen LogP contribution in [0.15, 0.2) is 29.2 Å². The van der Waals surface area contributed by atoms with Gasteiger partial charge in [0.15, 0.2) is 0 Å². The molecule has 0 radical (unpaired) electrons. The highest BCUT2D eigenvalue weighted by Gasteiger charge is 2.06. The van der Waals surface area contributed by atoms with Crippen LogP contribution in [-0.2, 0) is 9.59 Å². The van der Waals surface area contributed by atoms with Gasteiger partial charge >= 0.3 is 0 Å². The van der Waals surface area contributed by atoms with E-state index in [0.29, 0.717) is 6.42 Å². The molecule has 21 heavy (non-hydrogen) atoms. The molecule has 0 fully saturated rings. The monoisotopic (exact) mass is 328 g/mol. The van der Waals surface area contributed by atoms with Crippen LogP contribution in [0.25, 0.3) is 0 Å². The summed E-state index contributed by atoms with van der Waals surface area (Å²) in [5.41, 5.74) is 0. The van der Waals surface area contributed by atoms with Crippen molar-refractivity contribution in [1.29, 1.82) is 0 Å². The molecule has 0 spiro atoms. The van der Waals surface area contributed by atoms with E-state index in [1.165, 1.54) is 0 Å². The number of rotatable bonds is 8. The number of benzene rings is 1. The Morgan fingerprint density at radius 3 is 2.48 bits per heavy atom. The summed E-state index contributed by atoms with van der Waals surface area (Å²) in [6.45, 7) is 3.81. The first-order chi connectivity index (χ1) is 9.97. The molecule has 1 aromatic rings. The van der Waals surface area contributed by atoms with E-state index < -0.39 is 0 Å². The summed E-state index contributed by atoms with van der Waals surface area (Å²) < 4.78 is 0. The van der Waals surface area contributed by atoms with E-state index in [9.17, 15) is 9.59 Å². The number of halogens is 1. The van der Waals surface area contributed by atoms with Crippen molar-refractivity contribution in [3.8, 4) is 0 Å². The highest BCUT2D eigenvalue weighted by molar-refractivity contribution is 7.99. The minimum Gasteiger partial charge on any atom is -0.352 e. The molecule has 0 aliphatic rings. The van der Waals surface area contributed by atoms with Crippen molar-refractivity contribution in [2.75, 3.05) is 12.3 Å². The maximum absolute atomic E-state index is 11.6. The molecule has 0 aliphatic carbocycles. The van der Waals surface area contributed by atoms with Crippen molar-refractivity contribution in [3.05, 3.63) is 29.3 Å². The lowest BCUT2D eigenvalue weighted by Crippen LogP contribution is -2.39. The van der Waals surface area contributed by atoms with Gasteiger partial charge < -0.3 is 10.6 Å². The Morgan fingerprint density at radius 2 is 1.86 bits per heavy atom. The topological polar surface area (TPSA) is 58.2 Å². The SMILES string of the molecule is CC(C)NC(=O)CNC(=O)CCCSc1ccc(Cl)cc1. The molecule has 0 heterocycles. The molecular formula is C15H21ClN2O2S. The number of amides is 2. The number of thioether (sulfide) groups is 1. The molecule has 2 amide bonds. The van der Waals surface area contributed by atoms with Crippen LogP contribution in [0, 0.1) is 0 Å². The zero-order valence-corrected chi connectivity index (χ0v) is 13.9. The summed E-state index contributed by atoms with van der Waals surface area (Å²) in [7, 11) is 0. The molecule has 0 saturated heterocycles. The molecule has 0 atom stereocenters. The lowest BCUT2D eigenvalue weighted by molar-refractivity contribution is -0.126. The molecule has 1 rings (SSSR count). The van der Waals surface area contributed by atoms with Crippen molar-refractivity contribution in [1.82, 2.24) is 10.6 Å². The minimum atomic E-state index is -0.158. The predicted molar refractivity (Wildman–Crippen MR) is 87.7 cm³/mol. The Hall–Kier alpha value is -1.20. The second-order valence-corrected chi connectivity index (χ2v) is 6.51. The largest absolute Gasteiger partial charge is 0.352 e. The molecule has 0 saturated carbocycles. The normalized spacial score (nSPS) is 10.5. The van der Waals surface area contributed by atoms with E-state index in [2.05, 4.69) is 10.6 Å². The fourth-order valence-electron chi connectivity index (χ4n) is 1.59. The maximum atomic E-state index is 11.6. The smallest absolute Gasteiger partial charge is 0.239 e. The van der Waals surface area contributed by atoms with Crippen molar-refractivity contribution in [2.45, 2.75) is 37.6 Å². The Balaban J connectivity index is 2.10. The summed E-state index contributed by atoms with van der Waals surface area (Å²) in [5.74, 6) is 0.604. The Morgan fingerprint density at radius 1 is 1.19 bits per heavy atom. The molecule has 0 aromatic heterocycles. The number of carbonyl (C=O) groups excluding carboxylic acids is 2. The van der Waals surface area contributed by atoms with Crippen LogP contribution < -0.4 is 10.6 Å². The summed E-state index contributed by atoms with van der Waals surface area (Å²) in [5, 5.41) is 6.06. The number of carbonyl (C=O) groups is 2. The van der Waals surface area contributed by atoms with Crippen molar-refractivity contribution >= 4 is 35.2 Å². The average molecular weight is 329 g/mol. The van der Waals surface area contributed by atoms with Crippen LogP contribution >= 0.6 is 23.4 Å². The van der Waals surface area contributed by atoms with Gasteiger partial charge in [0.1, 0.15) is 0 Å². The molecule has 0 bridgehead atoms. The van der Waals surface area contributed by atoms with E-state index >= 15 is 0 Å². The lowest BCUT2D eigenvalue weighted by Gasteiger charge is -2.09. The fourth-order valence-corrected chi connectivity index (χ4v) is 2.57. The Kier molecular flexibility index (Phi) is 8.23. The summed E-state index contributed by atoms with van der Waals surface area (Å²) in [6.07, 6.45) is 1.19. The zero-order valence-electron chi connectivity index (χ0n) is 12.3. The number of hydrogen-bond donors (Lipinski definition) is 2. The Labute approximate surface area is 135 Å². The first kappa shape index (κ1) is 17.9. The molecule has 0 aliphatic heterocycles. The number of hydrogen-bond acceptors (Lipinski definition) is 3. The second-order valence-electron chi connectivity index (χ2n) is 4.90. The Bertz CT molecular complexity index is 463. The molecule has 0 unspecified atom stereocenters. The molecule has 1 aromatic carbocycles. The van der Waals surface area contributed by atoms with Gasteiger partial charge in [-0.05, 0) is 50.3 Å². The third-order valence-corrected chi connectivity index (χ3v) is 3.88. The van der Waals surface area contributed by atoms with Gasteiger partial charge in [0.25, 0.3) is 0 Å². The predicted octanol–water partition coefficient (Wildman–Crippen LogP) is 2.85. The van der Waals surface area contributed by atoms with Gasteiger partial charge in [-0.3, -0.25) is 9.59 Å². The van der Waals surface area contributed by atoms with Gasteiger partial charge in [0, 0.05) is 22.4 Å². The van der Waals surface area contributed by atoms with Gasteiger partial charge in [-0.25, -0.2) is 0 Å². The van der Waals surface area contributed by atoms with Crippen molar-refractivity contribution in [2.24, 2.45) is 0 Å². The van der Waals surface area contributed by atoms with Crippen molar-refractivity contribution in [3.63, 3.8) is 0 Å². The quantitative estimate of drug-likeness (QED) is 0.570. The minimum absolute atomic E-state index is 0.0430. The van der Waals surface area contributed by atoms with Crippen LogP contribution in [0.4, 0.5) is 0 Å². The summed E-state index contributed by atoms with van der Waals surface area (Å²) in [4.78, 5) is 24.1. The summed E-state index contributed by atoms with van der Waals surface area (Å²) in [6, 6.07) is 7.71. The molecule has 4 nitrogen and oxygen atoms in total. The first-order valence-corrected chi connectivity index (χ1v) is 8.28. The van der Waals surface area contributed by atoms with E-state index in [1.54, 1.807) is 11.8 Å². The third-order valence-electron chi connectivity index (χ3n) is 2.53. The summed E-state index contributed by atoms with van der Waals surface area (Å²) >= 11 is 7.50. The molecule has 6 heteroatoms. The molecule has 116 valence electrons. The van der Waals surface area contributed by atoms with Crippen LogP contribution in [-0.4, -0.2) is 30.2 Å². The second kappa shape index (κ2) is 9.68. The maximum Gasteiger partial charge on any atom is 0.239 e. The van der Waals surface area contributed by atoms with E-state index in [1.807, 2.05) is 38.1 Å². The highest BCUT2D eigenvalue weighted by Crippen LogP contribution is 2.21. The highest BCUT2D eigenvalue weighted by atomic mass is 35.5. The third kappa shape index (κ3) is 8.63. The van der Waals surface area contributed by atoms with Crippen LogP contribution in [0.3, 0.4) is 0 Å². The molecule has 2 N–H and O–H groups in total. The van der Waals surface area contributed by atoms with E-state index in [4.69, 9.17) is 11.6 Å². The van der Waals surface area contributed by atoms with Crippen LogP contribution in [0.1, 0.15) is 26.7 Å². The van der Waals surface area contributed by atoms with Gasteiger partial charge in [0.05, 0.1) is 6.54 Å². The first-order valence-electron chi connectivity index (χ1n) is 6.92. The van der Waals surface area contributed by atoms with Crippen LogP contribution in [0.2, 0.25) is 5.02 Å². The average Bonchev–Trinajstić information content (AvgIpc) is 2.42. The zero-order chi connectivity index (χ0) is 15.7. The van der Waals surface area contributed by atoms with Gasteiger partial charge in [-0.15, -0.1) is 11.8 Å². The van der Waals surface area contributed by atoms with Crippen LogP contribution in [0.5, 0.6) is 0 Å².